The molecule has 9 heteroatoms. The lowest BCUT2D eigenvalue weighted by Crippen LogP contribution is -2.38. The van der Waals surface area contributed by atoms with Crippen LogP contribution in [0.4, 0.5) is 0 Å². The van der Waals surface area contributed by atoms with Crippen molar-refractivity contribution in [2.24, 2.45) is 0 Å². The van der Waals surface area contributed by atoms with Gasteiger partial charge in [-0.3, -0.25) is 9.69 Å². The molecule has 9 nitrogen and oxygen atoms in total. The Balaban J connectivity index is 1.64. The van der Waals surface area contributed by atoms with E-state index in [0.29, 0.717) is 28.9 Å². The van der Waals surface area contributed by atoms with Crippen molar-refractivity contribution < 1.29 is 14.3 Å². The fourth-order valence-electron chi connectivity index (χ4n) is 4.59. The highest BCUT2D eigenvalue weighted by Crippen LogP contribution is 2.28. The average molecular weight is 465 g/mol. The molecule has 1 saturated heterocycles. The SMILES string of the molecule is CCN(CC)[C@H]1CCN(C(=O)c2cnn(-c3nccc(-c4ccccc4OC)n3)c2COC)C1. The van der Waals surface area contributed by atoms with Gasteiger partial charge in [0.2, 0.25) is 0 Å². The summed E-state index contributed by atoms with van der Waals surface area (Å²) >= 11 is 0. The van der Waals surface area contributed by atoms with Gasteiger partial charge in [-0.1, -0.05) is 26.0 Å². The predicted molar refractivity (Wildman–Crippen MR) is 129 cm³/mol. The number of likely N-dealkylation sites (N-methyl/N-ethyl adjacent to an activating group) is 1. The van der Waals surface area contributed by atoms with Gasteiger partial charge in [0, 0.05) is 38.0 Å². The number of hydrogen-bond acceptors (Lipinski definition) is 7. The van der Waals surface area contributed by atoms with E-state index in [4.69, 9.17) is 14.5 Å². The number of likely N-dealkylation sites (tertiary alicyclic amines) is 1. The molecule has 4 rings (SSSR count). The van der Waals surface area contributed by atoms with Crippen LogP contribution in [0.25, 0.3) is 17.2 Å². The lowest BCUT2D eigenvalue weighted by atomic mass is 10.1. The first-order chi connectivity index (χ1) is 16.6. The third-order valence-electron chi connectivity index (χ3n) is 6.37. The Morgan fingerprint density at radius 2 is 1.97 bits per heavy atom. The second kappa shape index (κ2) is 10.8. The lowest BCUT2D eigenvalue weighted by molar-refractivity contribution is 0.0772. The molecule has 0 aliphatic carbocycles. The molecule has 1 aliphatic heterocycles. The molecule has 1 aromatic carbocycles. The number of benzene rings is 1. The number of para-hydroxylation sites is 1. The zero-order valence-corrected chi connectivity index (χ0v) is 20.3. The molecule has 0 spiro atoms. The Morgan fingerprint density at radius 1 is 1.18 bits per heavy atom. The van der Waals surface area contributed by atoms with Crippen molar-refractivity contribution in [2.45, 2.75) is 32.9 Å². The van der Waals surface area contributed by atoms with Crippen molar-refractivity contribution in [3.05, 3.63) is 54.0 Å². The normalized spacial score (nSPS) is 15.8. The molecule has 3 heterocycles. The number of aromatic nitrogens is 4. The van der Waals surface area contributed by atoms with Crippen LogP contribution in [0, 0.1) is 0 Å². The minimum Gasteiger partial charge on any atom is -0.496 e. The highest BCUT2D eigenvalue weighted by molar-refractivity contribution is 5.95. The fraction of sp³-hybridized carbons (Fsp3) is 0.440. The van der Waals surface area contributed by atoms with E-state index in [0.717, 1.165) is 43.9 Å². The van der Waals surface area contributed by atoms with Crippen molar-refractivity contribution in [1.82, 2.24) is 29.5 Å². The number of hydrogen-bond donors (Lipinski definition) is 0. The van der Waals surface area contributed by atoms with Crippen molar-refractivity contribution in [1.29, 1.82) is 0 Å². The maximum atomic E-state index is 13.4. The Kier molecular flexibility index (Phi) is 7.54. The molecule has 1 fully saturated rings. The summed E-state index contributed by atoms with van der Waals surface area (Å²) in [6, 6.07) is 9.89. The van der Waals surface area contributed by atoms with Crippen molar-refractivity contribution in [2.75, 3.05) is 40.4 Å². The fourth-order valence-corrected chi connectivity index (χ4v) is 4.59. The molecule has 3 aromatic rings. The maximum absolute atomic E-state index is 13.4. The van der Waals surface area contributed by atoms with E-state index in [2.05, 4.69) is 28.8 Å². The first kappa shape index (κ1) is 23.8. The minimum absolute atomic E-state index is 0.0335. The summed E-state index contributed by atoms with van der Waals surface area (Å²) in [6.07, 6.45) is 4.25. The van der Waals surface area contributed by atoms with Crippen LogP contribution in [0.15, 0.2) is 42.7 Å². The molecule has 1 atom stereocenters. The Hall–Kier alpha value is -3.30. The lowest BCUT2D eigenvalue weighted by Gasteiger charge is -2.26. The van der Waals surface area contributed by atoms with Crippen LogP contribution in [0.2, 0.25) is 0 Å². The number of carbonyl (C=O) groups excluding carboxylic acids is 1. The Morgan fingerprint density at radius 3 is 2.71 bits per heavy atom. The first-order valence-electron chi connectivity index (χ1n) is 11.7. The van der Waals surface area contributed by atoms with E-state index in [1.165, 1.54) is 0 Å². The van der Waals surface area contributed by atoms with Gasteiger partial charge in [-0.2, -0.15) is 9.78 Å². The quantitative estimate of drug-likeness (QED) is 0.481. The summed E-state index contributed by atoms with van der Waals surface area (Å²) < 4.78 is 12.5. The molecule has 34 heavy (non-hydrogen) atoms. The number of rotatable bonds is 9. The van der Waals surface area contributed by atoms with Gasteiger partial charge in [0.25, 0.3) is 11.9 Å². The van der Waals surface area contributed by atoms with E-state index in [1.807, 2.05) is 35.2 Å². The molecule has 2 aromatic heterocycles. The van der Waals surface area contributed by atoms with Crippen molar-refractivity contribution >= 4 is 5.91 Å². The van der Waals surface area contributed by atoms with Crippen LogP contribution >= 0.6 is 0 Å². The molecule has 0 radical (unpaired) electrons. The number of nitrogens with zero attached hydrogens (tertiary/aromatic N) is 6. The molecule has 1 aliphatic rings. The maximum Gasteiger partial charge on any atom is 0.257 e. The third kappa shape index (κ3) is 4.67. The van der Waals surface area contributed by atoms with Gasteiger partial charge in [0.15, 0.2) is 0 Å². The minimum atomic E-state index is -0.0335. The van der Waals surface area contributed by atoms with Crippen LogP contribution in [0.5, 0.6) is 5.75 Å². The number of amides is 1. The third-order valence-corrected chi connectivity index (χ3v) is 6.37. The summed E-state index contributed by atoms with van der Waals surface area (Å²) in [4.78, 5) is 26.9. The Labute approximate surface area is 200 Å². The smallest absolute Gasteiger partial charge is 0.257 e. The predicted octanol–water partition coefficient (Wildman–Crippen LogP) is 3.04. The average Bonchev–Trinajstić information content (AvgIpc) is 3.53. The van der Waals surface area contributed by atoms with E-state index >= 15 is 0 Å². The standard InChI is InChI=1S/C25H32N6O3/c1-5-29(6-2)18-12-14-30(16-18)24(32)20-15-27-31(22(20)17-33-3)25-26-13-11-21(28-25)19-9-7-8-10-23(19)34-4/h7-11,13,15,18H,5-6,12,14,16-17H2,1-4H3/t18-/m0/s1. The van der Waals surface area contributed by atoms with Gasteiger partial charge in [-0.25, -0.2) is 9.97 Å². The molecule has 0 bridgehead atoms. The van der Waals surface area contributed by atoms with E-state index in [-0.39, 0.29) is 12.5 Å². The van der Waals surface area contributed by atoms with E-state index < -0.39 is 0 Å². The number of ether oxygens (including phenoxy) is 2. The summed E-state index contributed by atoms with van der Waals surface area (Å²) in [7, 11) is 3.23. The topological polar surface area (TPSA) is 85.6 Å². The van der Waals surface area contributed by atoms with E-state index in [9.17, 15) is 4.79 Å². The largest absolute Gasteiger partial charge is 0.496 e. The second-order valence-corrected chi connectivity index (χ2v) is 8.21. The summed E-state index contributed by atoms with van der Waals surface area (Å²) in [5, 5.41) is 4.48. The van der Waals surface area contributed by atoms with Gasteiger partial charge in [-0.15, -0.1) is 0 Å². The van der Waals surface area contributed by atoms with Crippen LogP contribution < -0.4 is 4.74 Å². The van der Waals surface area contributed by atoms with Gasteiger partial charge in [-0.05, 0) is 37.7 Å². The molecular weight excluding hydrogens is 432 g/mol. The molecule has 0 saturated carbocycles. The van der Waals surface area contributed by atoms with Crippen LogP contribution in [0.1, 0.15) is 36.3 Å². The molecule has 0 N–H and O–H groups in total. The molecule has 1 amide bonds. The van der Waals surface area contributed by atoms with Gasteiger partial charge in [0.1, 0.15) is 5.75 Å². The summed E-state index contributed by atoms with van der Waals surface area (Å²) in [5.41, 5.74) is 2.71. The number of carbonyl (C=O) groups is 1. The summed E-state index contributed by atoms with van der Waals surface area (Å²) in [6.45, 7) is 7.96. The molecule has 0 unspecified atom stereocenters. The highest BCUT2D eigenvalue weighted by Gasteiger charge is 2.32. The zero-order valence-electron chi connectivity index (χ0n) is 20.3. The van der Waals surface area contributed by atoms with Crippen LogP contribution in [-0.2, 0) is 11.3 Å². The second-order valence-electron chi connectivity index (χ2n) is 8.21. The first-order valence-corrected chi connectivity index (χ1v) is 11.7. The Bertz CT molecular complexity index is 1130. The molecular formula is C25H32N6O3. The zero-order chi connectivity index (χ0) is 24.1. The van der Waals surface area contributed by atoms with Gasteiger partial charge in [0.05, 0.1) is 36.9 Å². The molecule has 180 valence electrons. The highest BCUT2D eigenvalue weighted by atomic mass is 16.5. The van der Waals surface area contributed by atoms with E-state index in [1.54, 1.807) is 31.3 Å². The van der Waals surface area contributed by atoms with Crippen LogP contribution in [-0.4, -0.2) is 81.9 Å². The number of methoxy groups -OCH3 is 2. The summed E-state index contributed by atoms with van der Waals surface area (Å²) in [5.74, 6) is 1.06. The van der Waals surface area contributed by atoms with Gasteiger partial charge >= 0.3 is 0 Å². The van der Waals surface area contributed by atoms with Gasteiger partial charge < -0.3 is 14.4 Å². The van der Waals surface area contributed by atoms with Crippen molar-refractivity contribution in [3.8, 4) is 23.0 Å². The monoisotopic (exact) mass is 464 g/mol. The van der Waals surface area contributed by atoms with Crippen LogP contribution in [0.3, 0.4) is 0 Å². The van der Waals surface area contributed by atoms with Crippen molar-refractivity contribution in [3.63, 3.8) is 0 Å².